The number of fused-ring (bicyclic) bond motifs is 11. The Labute approximate surface area is 371 Å². The molecule has 0 aliphatic rings. The lowest BCUT2D eigenvalue weighted by atomic mass is 9.93. The molecular formula is C59H34N4O2. The molecule has 0 amide bonds. The van der Waals surface area contributed by atoms with Gasteiger partial charge in [-0.3, -0.25) is 0 Å². The highest BCUT2D eigenvalue weighted by Crippen LogP contribution is 2.44. The monoisotopic (exact) mass is 830 g/mol. The van der Waals surface area contributed by atoms with Gasteiger partial charge in [-0.15, -0.1) is 0 Å². The topological polar surface area (TPSA) is 69.9 Å². The number of hydrogen-bond acceptors (Lipinski definition) is 5. The molecule has 0 bridgehead atoms. The predicted molar refractivity (Wildman–Crippen MR) is 265 cm³/mol. The minimum atomic E-state index is 0.566. The molecule has 14 aromatic rings. The van der Waals surface area contributed by atoms with E-state index in [1.807, 2.05) is 60.7 Å². The first-order valence-electron chi connectivity index (χ1n) is 21.8. The second-order valence-electron chi connectivity index (χ2n) is 16.8. The van der Waals surface area contributed by atoms with Crippen LogP contribution in [-0.2, 0) is 0 Å². The van der Waals surface area contributed by atoms with Crippen molar-refractivity contribution in [2.45, 2.75) is 0 Å². The van der Waals surface area contributed by atoms with Crippen molar-refractivity contribution in [3.63, 3.8) is 0 Å². The van der Waals surface area contributed by atoms with E-state index in [1.54, 1.807) is 0 Å². The number of benzene rings is 10. The fourth-order valence-corrected chi connectivity index (χ4v) is 9.97. The predicted octanol–water partition coefficient (Wildman–Crippen LogP) is 15.7. The summed E-state index contributed by atoms with van der Waals surface area (Å²) >= 11 is 0. The zero-order valence-electron chi connectivity index (χ0n) is 34.7. The largest absolute Gasteiger partial charge is 0.456 e. The highest BCUT2D eigenvalue weighted by Gasteiger charge is 2.22. The number of rotatable bonds is 5. The third-order valence-electron chi connectivity index (χ3n) is 13.0. The van der Waals surface area contributed by atoms with E-state index in [-0.39, 0.29) is 0 Å². The van der Waals surface area contributed by atoms with E-state index < -0.39 is 0 Å². The van der Waals surface area contributed by atoms with Gasteiger partial charge in [-0.25, -0.2) is 15.0 Å². The lowest BCUT2D eigenvalue weighted by Gasteiger charge is -2.16. The Balaban J connectivity index is 1.07. The number of aromatic nitrogens is 4. The van der Waals surface area contributed by atoms with Gasteiger partial charge in [-0.05, 0) is 112 Å². The van der Waals surface area contributed by atoms with Gasteiger partial charge in [0.1, 0.15) is 22.3 Å². The van der Waals surface area contributed by atoms with Crippen LogP contribution in [0, 0.1) is 0 Å². The molecule has 10 aromatic carbocycles. The van der Waals surface area contributed by atoms with Crippen molar-refractivity contribution in [1.82, 2.24) is 19.5 Å². The summed E-state index contributed by atoms with van der Waals surface area (Å²) in [4.78, 5) is 15.8. The minimum Gasteiger partial charge on any atom is -0.456 e. The van der Waals surface area contributed by atoms with Crippen molar-refractivity contribution in [2.24, 2.45) is 0 Å². The second kappa shape index (κ2) is 13.8. The average molecular weight is 831 g/mol. The molecule has 0 aliphatic heterocycles. The van der Waals surface area contributed by atoms with Crippen molar-refractivity contribution < 1.29 is 8.83 Å². The normalized spacial score (nSPS) is 12.0. The Kier molecular flexibility index (Phi) is 7.59. The lowest BCUT2D eigenvalue weighted by Crippen LogP contribution is -2.02. The van der Waals surface area contributed by atoms with E-state index in [4.69, 9.17) is 23.8 Å². The highest BCUT2D eigenvalue weighted by atomic mass is 16.3. The summed E-state index contributed by atoms with van der Waals surface area (Å²) in [6, 6.07) is 72.3. The first-order valence-corrected chi connectivity index (χ1v) is 21.8. The zero-order valence-corrected chi connectivity index (χ0v) is 34.7. The maximum Gasteiger partial charge on any atom is 0.164 e. The maximum atomic E-state index is 6.69. The van der Waals surface area contributed by atoms with Crippen LogP contribution in [0.3, 0.4) is 0 Å². The Morgan fingerprint density at radius 1 is 0.308 bits per heavy atom. The first kappa shape index (κ1) is 35.7. The summed E-state index contributed by atoms with van der Waals surface area (Å²) < 4.78 is 15.3. The summed E-state index contributed by atoms with van der Waals surface area (Å²) in [6.07, 6.45) is 0. The molecule has 0 atom stereocenters. The van der Waals surface area contributed by atoms with E-state index in [9.17, 15) is 0 Å². The molecule has 65 heavy (non-hydrogen) atoms. The van der Waals surface area contributed by atoms with Crippen molar-refractivity contribution >= 4 is 87.2 Å². The number of hydrogen-bond donors (Lipinski definition) is 0. The molecule has 0 N–H and O–H groups in total. The van der Waals surface area contributed by atoms with E-state index >= 15 is 0 Å². The molecule has 0 fully saturated rings. The van der Waals surface area contributed by atoms with Crippen LogP contribution in [0.5, 0.6) is 0 Å². The molecule has 0 saturated carbocycles. The molecule has 302 valence electrons. The number of para-hydroxylation sites is 2. The van der Waals surface area contributed by atoms with Crippen LogP contribution < -0.4 is 0 Å². The Morgan fingerprint density at radius 2 is 0.938 bits per heavy atom. The molecule has 6 nitrogen and oxygen atoms in total. The maximum absolute atomic E-state index is 6.69. The van der Waals surface area contributed by atoms with Gasteiger partial charge in [0, 0.05) is 54.7 Å². The summed E-state index contributed by atoms with van der Waals surface area (Å²) in [5, 5.41) is 11.2. The standard InChI is InChI=1S/C59H34N4O2/c1-2-13-35(14-3-1)57-60-58(40-25-28-53-48(31-40)43-20-9-11-23-52(43)64-53)62-59(61-57)45-27-26-41(63-50-22-10-8-19-42(50)47-29-36-15-4-6-17-38(36)32-51(47)63)34-46(45)44-21-12-24-54-56(44)49-30-37-16-5-7-18-39(37)33-55(49)65-54/h1-34H. The van der Waals surface area contributed by atoms with Gasteiger partial charge in [0.25, 0.3) is 0 Å². The lowest BCUT2D eigenvalue weighted by molar-refractivity contribution is 0.669. The Morgan fingerprint density at radius 3 is 1.77 bits per heavy atom. The number of furan rings is 2. The van der Waals surface area contributed by atoms with Gasteiger partial charge in [-0.1, -0.05) is 127 Å². The van der Waals surface area contributed by atoms with Gasteiger partial charge in [0.05, 0.1) is 11.0 Å². The van der Waals surface area contributed by atoms with Crippen molar-refractivity contribution in [3.05, 3.63) is 206 Å². The summed E-state index contributed by atoms with van der Waals surface area (Å²) in [7, 11) is 0. The van der Waals surface area contributed by atoms with Gasteiger partial charge >= 0.3 is 0 Å². The molecule has 0 radical (unpaired) electrons. The van der Waals surface area contributed by atoms with Crippen LogP contribution >= 0.6 is 0 Å². The van der Waals surface area contributed by atoms with Crippen LogP contribution in [0.15, 0.2) is 215 Å². The van der Waals surface area contributed by atoms with Crippen LogP contribution in [-0.4, -0.2) is 19.5 Å². The molecule has 6 heteroatoms. The van der Waals surface area contributed by atoms with Crippen LogP contribution in [0.4, 0.5) is 0 Å². The molecule has 0 saturated heterocycles. The molecule has 0 aliphatic carbocycles. The van der Waals surface area contributed by atoms with E-state index in [1.165, 1.54) is 21.5 Å². The Bertz CT molecular complexity index is 4250. The van der Waals surface area contributed by atoms with E-state index in [0.717, 1.165) is 99.2 Å². The van der Waals surface area contributed by atoms with Gasteiger partial charge in [-0.2, -0.15) is 0 Å². The fourth-order valence-electron chi connectivity index (χ4n) is 9.97. The quantitative estimate of drug-likeness (QED) is 0.173. The van der Waals surface area contributed by atoms with Crippen LogP contribution in [0.2, 0.25) is 0 Å². The highest BCUT2D eigenvalue weighted by molar-refractivity contribution is 6.17. The van der Waals surface area contributed by atoms with E-state index in [0.29, 0.717) is 17.5 Å². The van der Waals surface area contributed by atoms with Crippen molar-refractivity contribution in [1.29, 1.82) is 0 Å². The summed E-state index contributed by atoms with van der Waals surface area (Å²) in [6.45, 7) is 0. The van der Waals surface area contributed by atoms with Gasteiger partial charge in [0.15, 0.2) is 17.5 Å². The molecule has 0 unspecified atom stereocenters. The fraction of sp³-hybridized carbons (Fsp3) is 0. The minimum absolute atomic E-state index is 0.566. The second-order valence-corrected chi connectivity index (χ2v) is 16.8. The molecule has 0 spiro atoms. The molecule has 4 heterocycles. The van der Waals surface area contributed by atoms with Crippen molar-refractivity contribution in [3.8, 4) is 51.0 Å². The smallest absolute Gasteiger partial charge is 0.164 e. The average Bonchev–Trinajstić information content (AvgIpc) is 4.03. The molecule has 14 rings (SSSR count). The molecule has 4 aromatic heterocycles. The van der Waals surface area contributed by atoms with E-state index in [2.05, 4.69) is 150 Å². The van der Waals surface area contributed by atoms with Crippen molar-refractivity contribution in [2.75, 3.05) is 0 Å². The van der Waals surface area contributed by atoms with Crippen LogP contribution in [0.1, 0.15) is 0 Å². The summed E-state index contributed by atoms with van der Waals surface area (Å²) in [5.41, 5.74) is 11.2. The van der Waals surface area contributed by atoms with Crippen LogP contribution in [0.25, 0.3) is 138 Å². The van der Waals surface area contributed by atoms with Gasteiger partial charge in [0.2, 0.25) is 0 Å². The Hall–Kier alpha value is -8.87. The third kappa shape index (κ3) is 5.57. The first-order chi connectivity index (χ1) is 32.2. The summed E-state index contributed by atoms with van der Waals surface area (Å²) in [5.74, 6) is 1.73. The SMILES string of the molecule is c1ccc(-c2nc(-c3ccc4oc5ccccc5c4c3)nc(-c3ccc(-n4c5ccccc5c5cc6ccccc6cc54)cc3-c3cccc4oc5cc6ccccc6cc5c34)n2)cc1. The number of nitrogens with zero attached hydrogens (tertiary/aromatic N) is 4. The zero-order chi connectivity index (χ0) is 42.6. The molecular weight excluding hydrogens is 797 g/mol. The van der Waals surface area contributed by atoms with Gasteiger partial charge < -0.3 is 13.4 Å². The third-order valence-corrected chi connectivity index (χ3v) is 13.0.